The van der Waals surface area contributed by atoms with Gasteiger partial charge in [0.1, 0.15) is 24.1 Å². The van der Waals surface area contributed by atoms with Crippen molar-refractivity contribution in [3.63, 3.8) is 0 Å². The minimum Gasteiger partial charge on any atom is -0.460 e. The molecule has 1 N–H and O–H groups in total. The number of para-hydroxylation sites is 1. The molecule has 10 nitrogen and oxygen atoms in total. The van der Waals surface area contributed by atoms with E-state index < -0.39 is 24.7 Å². The highest BCUT2D eigenvalue weighted by atomic mass is 31.2. The Hall–Kier alpha value is -4.19. The molecule has 11 heteroatoms. The van der Waals surface area contributed by atoms with Gasteiger partial charge >= 0.3 is 13.7 Å². The van der Waals surface area contributed by atoms with Gasteiger partial charge in [-0.2, -0.15) is 5.09 Å². The van der Waals surface area contributed by atoms with Gasteiger partial charge in [0.15, 0.2) is 0 Å². The Balaban J connectivity index is 1.81. The summed E-state index contributed by atoms with van der Waals surface area (Å²) in [6.45, 7) is 8.73. The predicted molar refractivity (Wildman–Crippen MR) is 123 cm³/mol. The van der Waals surface area contributed by atoms with Gasteiger partial charge in [-0.15, -0.1) is 0 Å². The number of ether oxygens (including phenoxy) is 1. The zero-order valence-corrected chi connectivity index (χ0v) is 18.9. The zero-order valence-electron chi connectivity index (χ0n) is 18.0. The average molecular weight is 481 g/mol. The lowest BCUT2D eigenvalue weighted by atomic mass is 10.2. The van der Waals surface area contributed by atoms with Crippen LogP contribution < -0.4 is 14.1 Å². The number of hydrogen-bond donors (Lipinski definition) is 1. The molecular weight excluding hydrogens is 461 g/mol. The van der Waals surface area contributed by atoms with E-state index in [0.717, 1.165) is 23.8 Å². The van der Waals surface area contributed by atoms with Gasteiger partial charge in [-0.3, -0.25) is 14.9 Å². The molecule has 2 atom stereocenters. The largest absolute Gasteiger partial charge is 0.512 e. The lowest BCUT2D eigenvalue weighted by Gasteiger charge is -2.23. The first-order valence-electron chi connectivity index (χ1n) is 9.98. The summed E-state index contributed by atoms with van der Waals surface area (Å²) < 4.78 is 30.0. The number of nitrogens with zero attached hydrogens (tertiary/aromatic N) is 2. The second-order valence-corrected chi connectivity index (χ2v) is 8.58. The van der Waals surface area contributed by atoms with Crippen molar-refractivity contribution < 1.29 is 28.1 Å². The molecule has 0 heterocycles. The topological polar surface area (TPSA) is 121 Å². The fourth-order valence-corrected chi connectivity index (χ4v) is 4.28. The number of carbonyl (C=O) groups is 1. The maximum Gasteiger partial charge on any atom is 0.512 e. The number of nitro groups is 1. The number of esters is 1. The van der Waals surface area contributed by atoms with E-state index in [2.05, 4.69) is 9.93 Å². The first-order chi connectivity index (χ1) is 16.3. The van der Waals surface area contributed by atoms with Crippen LogP contribution in [0.5, 0.6) is 11.5 Å². The van der Waals surface area contributed by atoms with E-state index in [-0.39, 0.29) is 29.5 Å². The Morgan fingerprint density at radius 1 is 1.09 bits per heavy atom. The van der Waals surface area contributed by atoms with E-state index in [0.29, 0.717) is 0 Å². The highest BCUT2D eigenvalue weighted by Gasteiger charge is 2.34. The predicted octanol–water partition coefficient (Wildman–Crippen LogP) is 5.43. The molecule has 0 saturated carbocycles. The minimum atomic E-state index is -4.31. The molecule has 0 aliphatic heterocycles. The van der Waals surface area contributed by atoms with Crippen molar-refractivity contribution in [1.29, 1.82) is 0 Å². The first kappa shape index (κ1) is 24.5. The van der Waals surface area contributed by atoms with Crippen LogP contribution in [0.25, 0.3) is 4.85 Å². The Bertz CT molecular complexity index is 1250. The standard InChI is InChI=1S/C23H20N3O7P/c1-17(23(27)31-16-18-9-5-3-6-10-18)25-34(30,32-20-11-7-4-8-12-20)33-22-14-13-19(26(28)29)15-21(22)24-2/h3-15,17H,16H2,1H3,(H,25,30)/t17-,34?/m0/s1. The molecule has 0 bridgehead atoms. The van der Waals surface area contributed by atoms with Crippen LogP contribution in [0.1, 0.15) is 12.5 Å². The molecule has 0 aliphatic carbocycles. The summed E-state index contributed by atoms with van der Waals surface area (Å²) in [6.07, 6.45) is 0. The van der Waals surface area contributed by atoms with Crippen LogP contribution in [0.15, 0.2) is 78.9 Å². The maximum absolute atomic E-state index is 13.6. The van der Waals surface area contributed by atoms with Crippen molar-refractivity contribution >= 4 is 25.1 Å². The first-order valence-corrected chi connectivity index (χ1v) is 11.5. The number of benzene rings is 3. The summed E-state index contributed by atoms with van der Waals surface area (Å²) in [7, 11) is -4.31. The molecule has 174 valence electrons. The second-order valence-electron chi connectivity index (χ2n) is 6.96. The van der Waals surface area contributed by atoms with Gasteiger partial charge in [0.05, 0.1) is 11.5 Å². The maximum atomic E-state index is 13.6. The van der Waals surface area contributed by atoms with Crippen LogP contribution >= 0.6 is 7.75 Å². The summed E-state index contributed by atoms with van der Waals surface area (Å²) in [5.74, 6) is -0.745. The highest BCUT2D eigenvalue weighted by Crippen LogP contribution is 2.48. The van der Waals surface area contributed by atoms with Gasteiger partial charge in [-0.1, -0.05) is 48.5 Å². The molecule has 3 rings (SSSR count). The lowest BCUT2D eigenvalue weighted by Crippen LogP contribution is -2.35. The molecule has 34 heavy (non-hydrogen) atoms. The van der Waals surface area contributed by atoms with E-state index in [4.69, 9.17) is 20.4 Å². The van der Waals surface area contributed by atoms with Crippen molar-refractivity contribution in [3.8, 4) is 11.5 Å². The van der Waals surface area contributed by atoms with E-state index in [1.54, 1.807) is 42.5 Å². The Morgan fingerprint density at radius 3 is 2.35 bits per heavy atom. The number of carbonyl (C=O) groups excluding carboxylic acids is 1. The summed E-state index contributed by atoms with van der Waals surface area (Å²) in [5.41, 5.74) is 0.200. The Kier molecular flexibility index (Phi) is 7.98. The van der Waals surface area contributed by atoms with Crippen LogP contribution in [0.3, 0.4) is 0 Å². The van der Waals surface area contributed by atoms with Gasteiger partial charge in [0.2, 0.25) is 5.69 Å². The molecule has 0 fully saturated rings. The normalized spacial score (nSPS) is 13.1. The number of nitrogens with one attached hydrogen (secondary N) is 1. The molecule has 0 aliphatic rings. The average Bonchev–Trinajstić information content (AvgIpc) is 2.83. The van der Waals surface area contributed by atoms with Crippen LogP contribution in [0.4, 0.5) is 11.4 Å². The van der Waals surface area contributed by atoms with Crippen LogP contribution in [-0.2, 0) is 20.7 Å². The summed E-state index contributed by atoms with van der Waals surface area (Å²) in [5, 5.41) is 13.5. The zero-order chi connectivity index (χ0) is 24.6. The van der Waals surface area contributed by atoms with E-state index in [1.807, 2.05) is 6.07 Å². The third kappa shape index (κ3) is 6.65. The highest BCUT2D eigenvalue weighted by molar-refractivity contribution is 7.52. The smallest absolute Gasteiger partial charge is 0.460 e. The van der Waals surface area contributed by atoms with E-state index in [1.165, 1.54) is 19.1 Å². The summed E-state index contributed by atoms with van der Waals surface area (Å²) >= 11 is 0. The minimum absolute atomic E-state index is 0.0145. The van der Waals surface area contributed by atoms with Crippen LogP contribution in [-0.4, -0.2) is 16.9 Å². The molecule has 0 radical (unpaired) electrons. The molecule has 0 saturated heterocycles. The molecule has 3 aromatic rings. The van der Waals surface area contributed by atoms with Gasteiger partial charge < -0.3 is 13.8 Å². The van der Waals surface area contributed by atoms with Gasteiger partial charge in [-0.05, 0) is 30.7 Å². The third-order valence-electron chi connectivity index (χ3n) is 4.39. The van der Waals surface area contributed by atoms with E-state index >= 15 is 0 Å². The SMILES string of the molecule is [C-]#[N+]c1cc([N+](=O)[O-])ccc1OP(=O)(N[C@@H](C)C(=O)OCc1ccccc1)Oc1ccccc1. The fraction of sp³-hybridized carbons (Fsp3) is 0.130. The molecular formula is C23H20N3O7P. The van der Waals surface area contributed by atoms with Gasteiger partial charge in [0, 0.05) is 12.1 Å². The number of hydrogen-bond acceptors (Lipinski definition) is 7. The second kappa shape index (κ2) is 11.1. The molecule has 0 amide bonds. The molecule has 3 aromatic carbocycles. The molecule has 0 aromatic heterocycles. The molecule has 1 unspecified atom stereocenters. The van der Waals surface area contributed by atoms with Crippen LogP contribution in [0, 0.1) is 16.7 Å². The third-order valence-corrected chi connectivity index (χ3v) is 5.98. The van der Waals surface area contributed by atoms with Crippen molar-refractivity contribution in [1.82, 2.24) is 5.09 Å². The van der Waals surface area contributed by atoms with Crippen molar-refractivity contribution in [2.45, 2.75) is 19.6 Å². The monoisotopic (exact) mass is 481 g/mol. The quantitative estimate of drug-likeness (QED) is 0.134. The number of non-ortho nitro benzene ring substituents is 1. The van der Waals surface area contributed by atoms with Crippen molar-refractivity contribution in [3.05, 3.63) is 106 Å². The van der Waals surface area contributed by atoms with Crippen LogP contribution in [0.2, 0.25) is 0 Å². The van der Waals surface area contributed by atoms with Crippen molar-refractivity contribution in [2.24, 2.45) is 0 Å². The van der Waals surface area contributed by atoms with Gasteiger partial charge in [0.25, 0.3) is 5.69 Å². The lowest BCUT2D eigenvalue weighted by molar-refractivity contribution is -0.384. The molecule has 0 spiro atoms. The summed E-state index contributed by atoms with van der Waals surface area (Å²) in [4.78, 5) is 26.1. The number of rotatable bonds is 10. The Labute approximate surface area is 195 Å². The number of nitro benzene ring substituents is 1. The fourth-order valence-electron chi connectivity index (χ4n) is 2.75. The Morgan fingerprint density at radius 2 is 1.74 bits per heavy atom. The van der Waals surface area contributed by atoms with Gasteiger partial charge in [-0.25, -0.2) is 9.41 Å². The summed E-state index contributed by atoms with van der Waals surface area (Å²) in [6, 6.07) is 19.2. The van der Waals surface area contributed by atoms with E-state index in [9.17, 15) is 19.5 Å². The van der Waals surface area contributed by atoms with Crippen molar-refractivity contribution in [2.75, 3.05) is 0 Å².